The first kappa shape index (κ1) is 14.7. The molecule has 3 nitrogen and oxygen atoms in total. The smallest absolute Gasteiger partial charge is 0.194 e. The van der Waals surface area contributed by atoms with Crippen LogP contribution >= 0.6 is 0 Å². The maximum atomic E-state index is 12.5. The number of ether oxygens (including phenoxy) is 2. The second-order valence-electron chi connectivity index (χ2n) is 4.20. The summed E-state index contributed by atoms with van der Waals surface area (Å²) in [5.41, 5.74) is -0.0725. The van der Waals surface area contributed by atoms with Gasteiger partial charge in [0.2, 0.25) is 0 Å². The SMILES string of the molecule is CCOc1cccc(C(=O)C(CC)(CC)OC)c1. The van der Waals surface area contributed by atoms with Crippen LogP contribution in [-0.2, 0) is 4.74 Å². The van der Waals surface area contributed by atoms with Gasteiger partial charge in [0.25, 0.3) is 0 Å². The van der Waals surface area contributed by atoms with E-state index in [2.05, 4.69) is 0 Å². The predicted octanol–water partition coefficient (Wildman–Crippen LogP) is 3.47. The van der Waals surface area contributed by atoms with Crippen LogP contribution in [0.25, 0.3) is 0 Å². The zero-order valence-electron chi connectivity index (χ0n) is 11.7. The van der Waals surface area contributed by atoms with E-state index < -0.39 is 5.60 Å². The van der Waals surface area contributed by atoms with E-state index in [1.54, 1.807) is 13.2 Å². The van der Waals surface area contributed by atoms with Crippen molar-refractivity contribution >= 4 is 5.78 Å². The third kappa shape index (κ3) is 2.91. The van der Waals surface area contributed by atoms with Crippen LogP contribution < -0.4 is 4.74 Å². The quantitative estimate of drug-likeness (QED) is 0.695. The molecule has 0 N–H and O–H groups in total. The highest BCUT2D eigenvalue weighted by Gasteiger charge is 2.35. The van der Waals surface area contributed by atoms with E-state index in [9.17, 15) is 4.79 Å². The van der Waals surface area contributed by atoms with Gasteiger partial charge in [0.05, 0.1) is 6.61 Å². The van der Waals surface area contributed by atoms with Gasteiger partial charge in [0, 0.05) is 12.7 Å². The number of benzene rings is 1. The molecule has 0 unspecified atom stereocenters. The largest absolute Gasteiger partial charge is 0.494 e. The fourth-order valence-electron chi connectivity index (χ4n) is 2.11. The molecular formula is C15H22O3. The summed E-state index contributed by atoms with van der Waals surface area (Å²) in [6, 6.07) is 7.28. The number of methoxy groups -OCH3 is 1. The monoisotopic (exact) mass is 250 g/mol. The lowest BCUT2D eigenvalue weighted by Gasteiger charge is -2.28. The number of carbonyl (C=O) groups is 1. The van der Waals surface area contributed by atoms with Crippen LogP contribution in [0.1, 0.15) is 44.0 Å². The number of hydrogen-bond acceptors (Lipinski definition) is 3. The summed E-state index contributed by atoms with van der Waals surface area (Å²) < 4.78 is 10.9. The summed E-state index contributed by atoms with van der Waals surface area (Å²) in [7, 11) is 1.59. The Morgan fingerprint density at radius 2 is 1.89 bits per heavy atom. The first-order chi connectivity index (χ1) is 8.63. The van der Waals surface area contributed by atoms with E-state index >= 15 is 0 Å². The topological polar surface area (TPSA) is 35.5 Å². The Balaban J connectivity index is 3.05. The summed E-state index contributed by atoms with van der Waals surface area (Å²) in [5.74, 6) is 0.747. The van der Waals surface area contributed by atoms with E-state index in [-0.39, 0.29) is 5.78 Å². The van der Waals surface area contributed by atoms with Gasteiger partial charge in [0.1, 0.15) is 11.4 Å². The number of carbonyl (C=O) groups excluding carboxylic acids is 1. The van der Waals surface area contributed by atoms with Crippen LogP contribution in [0.5, 0.6) is 5.75 Å². The summed E-state index contributed by atoms with van der Waals surface area (Å²) >= 11 is 0. The van der Waals surface area contributed by atoms with Crippen molar-refractivity contribution in [2.24, 2.45) is 0 Å². The molecule has 0 atom stereocenters. The zero-order valence-corrected chi connectivity index (χ0v) is 11.7. The molecule has 100 valence electrons. The Hall–Kier alpha value is -1.35. The van der Waals surface area contributed by atoms with Crippen molar-refractivity contribution in [2.45, 2.75) is 39.2 Å². The lowest BCUT2D eigenvalue weighted by molar-refractivity contribution is -0.00263. The maximum absolute atomic E-state index is 12.5. The first-order valence-electron chi connectivity index (χ1n) is 6.46. The van der Waals surface area contributed by atoms with Crippen molar-refractivity contribution in [3.63, 3.8) is 0 Å². The standard InChI is InChI=1S/C15H22O3/c1-5-15(6-2,17-4)14(16)12-9-8-10-13(11-12)18-7-3/h8-11H,5-7H2,1-4H3. The molecule has 18 heavy (non-hydrogen) atoms. The molecular weight excluding hydrogens is 228 g/mol. The molecule has 0 radical (unpaired) electrons. The Bertz CT molecular complexity index is 386. The highest BCUT2D eigenvalue weighted by Crippen LogP contribution is 2.26. The van der Waals surface area contributed by atoms with Crippen LogP contribution in [0.15, 0.2) is 24.3 Å². The molecule has 0 fully saturated rings. The number of ketones is 1. The van der Waals surface area contributed by atoms with Crippen molar-refractivity contribution in [2.75, 3.05) is 13.7 Å². The minimum Gasteiger partial charge on any atom is -0.494 e. The van der Waals surface area contributed by atoms with Crippen LogP contribution in [0, 0.1) is 0 Å². The predicted molar refractivity (Wildman–Crippen MR) is 72.3 cm³/mol. The lowest BCUT2D eigenvalue weighted by atomic mass is 9.87. The molecule has 0 aromatic heterocycles. The summed E-state index contributed by atoms with van der Waals surface area (Å²) in [6.45, 7) is 6.45. The summed E-state index contributed by atoms with van der Waals surface area (Å²) in [5, 5.41) is 0. The highest BCUT2D eigenvalue weighted by atomic mass is 16.5. The Labute approximate surface area is 109 Å². The van der Waals surface area contributed by atoms with E-state index in [0.717, 1.165) is 5.75 Å². The van der Waals surface area contributed by atoms with E-state index in [1.807, 2.05) is 39.0 Å². The van der Waals surface area contributed by atoms with Gasteiger partial charge < -0.3 is 9.47 Å². The van der Waals surface area contributed by atoms with Gasteiger partial charge in [-0.05, 0) is 31.9 Å². The fourth-order valence-corrected chi connectivity index (χ4v) is 2.11. The Kier molecular flexibility index (Phi) is 5.35. The van der Waals surface area contributed by atoms with Gasteiger partial charge in [-0.25, -0.2) is 0 Å². The van der Waals surface area contributed by atoms with Gasteiger partial charge in [0.15, 0.2) is 5.78 Å². The molecule has 0 spiro atoms. The molecule has 0 saturated carbocycles. The van der Waals surface area contributed by atoms with Gasteiger partial charge in [-0.1, -0.05) is 26.0 Å². The molecule has 0 bridgehead atoms. The van der Waals surface area contributed by atoms with Crippen LogP contribution in [0.2, 0.25) is 0 Å². The minimum absolute atomic E-state index is 0.0246. The van der Waals surface area contributed by atoms with Crippen molar-refractivity contribution in [3.05, 3.63) is 29.8 Å². The van der Waals surface area contributed by atoms with Crippen LogP contribution in [-0.4, -0.2) is 25.1 Å². The first-order valence-corrected chi connectivity index (χ1v) is 6.46. The van der Waals surface area contributed by atoms with E-state index in [0.29, 0.717) is 25.0 Å². The van der Waals surface area contributed by atoms with Crippen molar-refractivity contribution in [1.82, 2.24) is 0 Å². The molecule has 0 aliphatic rings. The normalized spacial score (nSPS) is 11.3. The molecule has 1 aromatic rings. The fraction of sp³-hybridized carbons (Fsp3) is 0.533. The third-order valence-electron chi connectivity index (χ3n) is 3.35. The number of Topliss-reactive ketones (excluding diaryl/α,β-unsaturated/α-hetero) is 1. The molecule has 1 rings (SSSR count). The van der Waals surface area contributed by atoms with Gasteiger partial charge >= 0.3 is 0 Å². The third-order valence-corrected chi connectivity index (χ3v) is 3.35. The van der Waals surface area contributed by atoms with E-state index in [4.69, 9.17) is 9.47 Å². The molecule has 0 aliphatic heterocycles. The summed E-state index contributed by atoms with van der Waals surface area (Å²) in [6.07, 6.45) is 1.33. The minimum atomic E-state index is -0.717. The number of hydrogen-bond donors (Lipinski definition) is 0. The van der Waals surface area contributed by atoms with Crippen LogP contribution in [0.4, 0.5) is 0 Å². The lowest BCUT2D eigenvalue weighted by Crippen LogP contribution is -2.39. The van der Waals surface area contributed by atoms with Gasteiger partial charge in [-0.2, -0.15) is 0 Å². The average Bonchev–Trinajstić information content (AvgIpc) is 2.42. The summed E-state index contributed by atoms with van der Waals surface area (Å²) in [4.78, 5) is 12.5. The van der Waals surface area contributed by atoms with Gasteiger partial charge in [-0.3, -0.25) is 4.79 Å². The van der Waals surface area contributed by atoms with Crippen molar-refractivity contribution in [3.8, 4) is 5.75 Å². The molecule has 3 heteroatoms. The molecule has 0 saturated heterocycles. The Morgan fingerprint density at radius 3 is 2.39 bits per heavy atom. The molecule has 0 amide bonds. The van der Waals surface area contributed by atoms with Crippen molar-refractivity contribution < 1.29 is 14.3 Å². The second-order valence-corrected chi connectivity index (χ2v) is 4.20. The molecule has 0 aliphatic carbocycles. The zero-order chi connectivity index (χ0) is 13.6. The van der Waals surface area contributed by atoms with Crippen molar-refractivity contribution in [1.29, 1.82) is 0 Å². The number of rotatable bonds is 7. The molecule has 1 aromatic carbocycles. The van der Waals surface area contributed by atoms with E-state index in [1.165, 1.54) is 0 Å². The van der Waals surface area contributed by atoms with Crippen LogP contribution in [0.3, 0.4) is 0 Å². The average molecular weight is 250 g/mol. The van der Waals surface area contributed by atoms with Gasteiger partial charge in [-0.15, -0.1) is 0 Å². The highest BCUT2D eigenvalue weighted by molar-refractivity contribution is 6.02. The molecule has 0 heterocycles. The Morgan fingerprint density at radius 1 is 1.22 bits per heavy atom. The maximum Gasteiger partial charge on any atom is 0.194 e. The second kappa shape index (κ2) is 6.55.